The highest BCUT2D eigenvalue weighted by molar-refractivity contribution is 5.76. The van der Waals surface area contributed by atoms with E-state index in [2.05, 4.69) is 24.3 Å². The Morgan fingerprint density at radius 2 is 1.86 bits per heavy atom. The smallest absolute Gasteiger partial charge is 0.130 e. The number of carbonyl (C=O) groups is 1. The summed E-state index contributed by atoms with van der Waals surface area (Å²) in [5.41, 5.74) is 3.42. The quantitative estimate of drug-likeness (QED) is 0.734. The lowest BCUT2D eigenvalue weighted by atomic mass is 10.00. The highest BCUT2D eigenvalue weighted by Gasteiger charge is 2.04. The van der Waals surface area contributed by atoms with Crippen LogP contribution in [0.3, 0.4) is 0 Å². The van der Waals surface area contributed by atoms with Crippen molar-refractivity contribution in [3.8, 4) is 5.75 Å². The molecule has 0 amide bonds. The summed E-state index contributed by atoms with van der Waals surface area (Å²) in [5.74, 6) is 1.03. The molecule has 0 aliphatic rings. The van der Waals surface area contributed by atoms with Gasteiger partial charge in [-0.3, -0.25) is 0 Å². The van der Waals surface area contributed by atoms with Crippen LogP contribution in [0.4, 0.5) is 0 Å². The minimum Gasteiger partial charge on any atom is -0.497 e. The molecule has 108 valence electrons. The lowest BCUT2D eigenvalue weighted by Gasteiger charge is -2.08. The summed E-state index contributed by atoms with van der Waals surface area (Å²) in [6, 6.07) is 16.2. The number of ether oxygens (including phenoxy) is 1. The normalized spacial score (nSPS) is 10.8. The van der Waals surface area contributed by atoms with Gasteiger partial charge in [-0.2, -0.15) is 0 Å². The van der Waals surface area contributed by atoms with Gasteiger partial charge in [0, 0.05) is 6.42 Å². The van der Waals surface area contributed by atoms with E-state index in [4.69, 9.17) is 4.74 Å². The van der Waals surface area contributed by atoms with Gasteiger partial charge in [0.15, 0.2) is 0 Å². The molecular weight excluding hydrogens is 260 g/mol. The van der Waals surface area contributed by atoms with Gasteiger partial charge in [0.25, 0.3) is 0 Å². The van der Waals surface area contributed by atoms with Crippen LogP contribution in [0.1, 0.15) is 30.0 Å². The van der Waals surface area contributed by atoms with Gasteiger partial charge in [0.05, 0.1) is 7.11 Å². The fourth-order valence-corrected chi connectivity index (χ4v) is 2.15. The molecule has 21 heavy (non-hydrogen) atoms. The second kappa shape index (κ2) is 7.44. The fourth-order valence-electron chi connectivity index (χ4n) is 2.15. The Kier molecular flexibility index (Phi) is 5.33. The van der Waals surface area contributed by atoms with E-state index in [1.807, 2.05) is 36.4 Å². The Bertz CT molecular complexity index is 627. The summed E-state index contributed by atoms with van der Waals surface area (Å²) in [7, 11) is 1.66. The molecule has 0 spiro atoms. The Morgan fingerprint density at radius 1 is 1.10 bits per heavy atom. The van der Waals surface area contributed by atoms with Gasteiger partial charge in [0.2, 0.25) is 0 Å². The molecule has 2 aromatic carbocycles. The van der Waals surface area contributed by atoms with Crippen LogP contribution in [-0.4, -0.2) is 12.9 Å². The van der Waals surface area contributed by atoms with E-state index >= 15 is 0 Å². The summed E-state index contributed by atoms with van der Waals surface area (Å²) in [6.07, 6.45) is 5.46. The zero-order valence-corrected chi connectivity index (χ0v) is 12.5. The van der Waals surface area contributed by atoms with E-state index in [0.29, 0.717) is 6.42 Å². The SMILES string of the molecule is COc1ccc(C=Cc2ccccc2)c(CCC(C)=O)c1. The van der Waals surface area contributed by atoms with Gasteiger partial charge in [-0.25, -0.2) is 0 Å². The van der Waals surface area contributed by atoms with Crippen LogP contribution in [0.15, 0.2) is 48.5 Å². The zero-order valence-electron chi connectivity index (χ0n) is 12.5. The highest BCUT2D eigenvalue weighted by atomic mass is 16.5. The molecule has 0 unspecified atom stereocenters. The number of hydrogen-bond acceptors (Lipinski definition) is 2. The van der Waals surface area contributed by atoms with E-state index in [0.717, 1.165) is 28.9 Å². The Labute approximate surface area is 126 Å². The molecule has 0 aromatic heterocycles. The fraction of sp³-hybridized carbons (Fsp3) is 0.211. The first-order valence-electron chi connectivity index (χ1n) is 7.08. The largest absolute Gasteiger partial charge is 0.497 e. The monoisotopic (exact) mass is 280 g/mol. The number of methoxy groups -OCH3 is 1. The summed E-state index contributed by atoms with van der Waals surface area (Å²) in [4.78, 5) is 11.2. The minimum absolute atomic E-state index is 0.204. The summed E-state index contributed by atoms with van der Waals surface area (Å²) < 4.78 is 5.27. The standard InChI is InChI=1S/C19H20O2/c1-15(20)8-10-18-14-19(21-2)13-12-17(18)11-9-16-6-4-3-5-7-16/h3-7,9,11-14H,8,10H2,1-2H3. The number of aryl methyl sites for hydroxylation is 1. The highest BCUT2D eigenvalue weighted by Crippen LogP contribution is 2.21. The first kappa shape index (κ1) is 15.0. The van der Waals surface area contributed by atoms with E-state index in [-0.39, 0.29) is 5.78 Å². The maximum Gasteiger partial charge on any atom is 0.130 e. The molecule has 2 rings (SSSR count). The minimum atomic E-state index is 0.204. The van der Waals surface area contributed by atoms with Crippen LogP contribution < -0.4 is 4.74 Å². The predicted octanol–water partition coefficient (Wildman–Crippen LogP) is 4.39. The molecule has 0 heterocycles. The lowest BCUT2D eigenvalue weighted by Crippen LogP contribution is -1.97. The summed E-state index contributed by atoms with van der Waals surface area (Å²) in [6.45, 7) is 1.62. The van der Waals surface area contributed by atoms with E-state index in [1.54, 1.807) is 14.0 Å². The van der Waals surface area contributed by atoms with Crippen LogP contribution in [0, 0.1) is 0 Å². The maximum atomic E-state index is 11.2. The summed E-state index contributed by atoms with van der Waals surface area (Å²) >= 11 is 0. The van der Waals surface area contributed by atoms with Crippen molar-refractivity contribution in [1.82, 2.24) is 0 Å². The third-order valence-corrected chi connectivity index (χ3v) is 3.35. The van der Waals surface area contributed by atoms with Crippen LogP contribution in [0.25, 0.3) is 12.2 Å². The number of hydrogen-bond donors (Lipinski definition) is 0. The molecule has 2 heteroatoms. The number of benzene rings is 2. The van der Waals surface area contributed by atoms with Crippen molar-refractivity contribution in [2.24, 2.45) is 0 Å². The molecule has 0 aliphatic heterocycles. The molecule has 0 saturated carbocycles. The third-order valence-electron chi connectivity index (χ3n) is 3.35. The first-order valence-corrected chi connectivity index (χ1v) is 7.08. The maximum absolute atomic E-state index is 11.2. The van der Waals surface area contributed by atoms with Crippen LogP contribution >= 0.6 is 0 Å². The molecule has 0 saturated heterocycles. The zero-order chi connectivity index (χ0) is 15.1. The van der Waals surface area contributed by atoms with Crippen molar-refractivity contribution in [2.75, 3.05) is 7.11 Å². The number of rotatable bonds is 6. The van der Waals surface area contributed by atoms with Gasteiger partial charge in [-0.15, -0.1) is 0 Å². The second-order valence-electron chi connectivity index (χ2n) is 5.01. The predicted molar refractivity (Wildman–Crippen MR) is 87.4 cm³/mol. The van der Waals surface area contributed by atoms with Crippen molar-refractivity contribution < 1.29 is 9.53 Å². The second-order valence-corrected chi connectivity index (χ2v) is 5.01. The van der Waals surface area contributed by atoms with Gasteiger partial charge in [0.1, 0.15) is 11.5 Å². The van der Waals surface area contributed by atoms with Crippen molar-refractivity contribution in [3.05, 3.63) is 65.2 Å². The van der Waals surface area contributed by atoms with Crippen molar-refractivity contribution in [1.29, 1.82) is 0 Å². The van der Waals surface area contributed by atoms with Crippen molar-refractivity contribution >= 4 is 17.9 Å². The molecule has 0 atom stereocenters. The number of ketones is 1. The van der Waals surface area contributed by atoms with Crippen LogP contribution in [0.5, 0.6) is 5.75 Å². The van der Waals surface area contributed by atoms with Gasteiger partial charge in [-0.1, -0.05) is 48.6 Å². The molecule has 2 nitrogen and oxygen atoms in total. The molecule has 0 fully saturated rings. The number of Topliss-reactive ketones (excluding diaryl/α,β-unsaturated/α-hetero) is 1. The molecule has 2 aromatic rings. The molecule has 0 bridgehead atoms. The van der Waals surface area contributed by atoms with Crippen molar-refractivity contribution in [2.45, 2.75) is 19.8 Å². The summed E-state index contributed by atoms with van der Waals surface area (Å²) in [5, 5.41) is 0. The molecule has 0 N–H and O–H groups in total. The molecule has 0 radical (unpaired) electrons. The van der Waals surface area contributed by atoms with Crippen LogP contribution in [0.2, 0.25) is 0 Å². The Balaban J connectivity index is 2.24. The number of carbonyl (C=O) groups excluding carboxylic acids is 1. The third kappa shape index (κ3) is 4.60. The molecular formula is C19H20O2. The van der Waals surface area contributed by atoms with E-state index < -0.39 is 0 Å². The lowest BCUT2D eigenvalue weighted by molar-refractivity contribution is -0.116. The van der Waals surface area contributed by atoms with Gasteiger partial charge in [-0.05, 0) is 42.2 Å². The van der Waals surface area contributed by atoms with Gasteiger partial charge >= 0.3 is 0 Å². The van der Waals surface area contributed by atoms with Gasteiger partial charge < -0.3 is 9.53 Å². The van der Waals surface area contributed by atoms with E-state index in [1.165, 1.54) is 0 Å². The average molecular weight is 280 g/mol. The average Bonchev–Trinajstić information content (AvgIpc) is 2.52. The topological polar surface area (TPSA) is 26.3 Å². The van der Waals surface area contributed by atoms with Crippen LogP contribution in [-0.2, 0) is 11.2 Å². The first-order chi connectivity index (χ1) is 10.2. The molecule has 0 aliphatic carbocycles. The van der Waals surface area contributed by atoms with E-state index in [9.17, 15) is 4.79 Å². The Morgan fingerprint density at radius 3 is 2.52 bits per heavy atom. The Hall–Kier alpha value is -2.35. The van der Waals surface area contributed by atoms with Crippen molar-refractivity contribution in [3.63, 3.8) is 0 Å².